The zero-order chi connectivity index (χ0) is 43.5. The van der Waals surface area contributed by atoms with Crippen molar-refractivity contribution in [2.24, 2.45) is 5.73 Å². The van der Waals surface area contributed by atoms with Crippen molar-refractivity contribution in [2.75, 3.05) is 7.05 Å². The highest BCUT2D eigenvalue weighted by Crippen LogP contribution is 2.30. The molecule has 3 rings (SSSR count). The number of aromatic nitrogens is 2. The third-order valence-corrected chi connectivity index (χ3v) is 10.6. The fourth-order valence-corrected chi connectivity index (χ4v) is 6.88. The van der Waals surface area contributed by atoms with Gasteiger partial charge < -0.3 is 46.6 Å². The van der Waals surface area contributed by atoms with Crippen molar-refractivity contribution in [3.8, 4) is 5.75 Å². The van der Waals surface area contributed by atoms with Crippen LogP contribution in [0.3, 0.4) is 0 Å². The van der Waals surface area contributed by atoms with E-state index in [-0.39, 0.29) is 30.3 Å². The molecule has 0 spiro atoms. The van der Waals surface area contributed by atoms with Gasteiger partial charge in [-0.1, -0.05) is 96.1 Å². The molecule has 0 radical (unpaired) electrons. The number of benzene rings is 1. The molecule has 59 heavy (non-hydrogen) atoms. The Morgan fingerprint density at radius 1 is 0.915 bits per heavy atom. The van der Waals surface area contributed by atoms with Crippen molar-refractivity contribution in [1.82, 2.24) is 30.4 Å². The Morgan fingerprint density at radius 2 is 1.53 bits per heavy atom. The van der Waals surface area contributed by atoms with Gasteiger partial charge in [-0.25, -0.2) is 4.79 Å². The zero-order valence-electron chi connectivity index (χ0n) is 34.9. The fraction of sp³-hybridized carbons (Fsp3) is 0.619. The summed E-state index contributed by atoms with van der Waals surface area (Å²) in [4.78, 5) is 80.6. The van der Waals surface area contributed by atoms with Crippen LogP contribution >= 0.6 is 0 Å². The summed E-state index contributed by atoms with van der Waals surface area (Å²) >= 11 is 0. The molecule has 1 aliphatic heterocycles. The van der Waals surface area contributed by atoms with E-state index in [9.17, 15) is 44.1 Å². The highest BCUT2D eigenvalue weighted by Gasteiger charge is 2.42. The van der Waals surface area contributed by atoms with E-state index < -0.39 is 71.6 Å². The molecule has 1 aromatic heterocycles. The summed E-state index contributed by atoms with van der Waals surface area (Å²) in [7, 11) is 1.41. The summed E-state index contributed by atoms with van der Waals surface area (Å²) in [5.74, 6) is -2.79. The van der Waals surface area contributed by atoms with Crippen molar-refractivity contribution in [2.45, 2.75) is 160 Å². The molecule has 2 aromatic rings. The first-order chi connectivity index (χ1) is 28.1. The molecular weight excluding hydrogens is 763 g/mol. The number of nitrogens with one attached hydrogen (secondary N) is 4. The number of carbonyl (C=O) groups excluding carboxylic acids is 4. The smallest absolute Gasteiger partial charge is 0.331 e. The number of phenolic OH excluding ortho intramolecular Hbond substituents is 1. The molecule has 2 heterocycles. The van der Waals surface area contributed by atoms with Crippen LogP contribution in [-0.4, -0.2) is 96.8 Å². The molecule has 1 fully saturated rings. The number of aromatic amines is 1. The number of nitrogens with two attached hydrogens (primary N) is 1. The number of aliphatic hydroxyl groups is 2. The second kappa shape index (κ2) is 24.8. The lowest BCUT2D eigenvalue weighted by Crippen LogP contribution is -2.61. The number of aliphatic hydroxyl groups excluding tert-OH is 2. The molecule has 1 aliphatic rings. The third kappa shape index (κ3) is 15.6. The van der Waals surface area contributed by atoms with E-state index in [1.807, 2.05) is 4.98 Å². The van der Waals surface area contributed by atoms with Gasteiger partial charge in [0, 0.05) is 31.9 Å². The molecule has 0 saturated carbocycles. The van der Waals surface area contributed by atoms with Crippen LogP contribution in [0, 0.1) is 0 Å². The number of amides is 4. The maximum absolute atomic E-state index is 13.8. The maximum atomic E-state index is 13.8. The highest BCUT2D eigenvalue weighted by atomic mass is 16.6. The molecule has 0 aliphatic carbocycles. The van der Waals surface area contributed by atoms with E-state index in [0.29, 0.717) is 12.0 Å². The predicted molar refractivity (Wildman–Crippen MR) is 222 cm³/mol. The lowest BCUT2D eigenvalue weighted by molar-refractivity contribution is -0.137. The fourth-order valence-electron chi connectivity index (χ4n) is 6.88. The zero-order valence-corrected chi connectivity index (χ0v) is 34.9. The maximum Gasteiger partial charge on any atom is 0.331 e. The number of rotatable bonds is 25. The van der Waals surface area contributed by atoms with Crippen LogP contribution in [0.1, 0.15) is 122 Å². The number of carbonyl (C=O) groups is 4. The van der Waals surface area contributed by atoms with Gasteiger partial charge in [0.2, 0.25) is 29.9 Å². The monoisotopic (exact) mass is 827 g/mol. The van der Waals surface area contributed by atoms with Gasteiger partial charge >= 0.3 is 5.69 Å². The number of nitrogens with zero attached hydrogens (tertiary/aromatic N) is 2. The molecule has 4 amide bonds. The van der Waals surface area contributed by atoms with Crippen molar-refractivity contribution in [3.63, 3.8) is 0 Å². The van der Waals surface area contributed by atoms with Gasteiger partial charge in [0.25, 0.3) is 5.56 Å². The summed E-state index contributed by atoms with van der Waals surface area (Å²) < 4.78 is 6.43. The minimum absolute atomic E-state index is 0.00366. The topological polar surface area (TPSA) is 258 Å². The average Bonchev–Trinajstić information content (AvgIpc) is 3.48. The second-order valence-electron chi connectivity index (χ2n) is 15.5. The van der Waals surface area contributed by atoms with E-state index in [1.165, 1.54) is 95.7 Å². The molecule has 0 bridgehead atoms. The molecule has 328 valence electrons. The van der Waals surface area contributed by atoms with Gasteiger partial charge in [0.15, 0.2) is 0 Å². The summed E-state index contributed by atoms with van der Waals surface area (Å²) in [6, 6.07) is 2.70. The van der Waals surface area contributed by atoms with Gasteiger partial charge in [-0.2, -0.15) is 0 Å². The average molecular weight is 828 g/mol. The Labute approximate surface area is 345 Å². The van der Waals surface area contributed by atoms with Crippen molar-refractivity contribution >= 4 is 23.6 Å². The molecule has 0 unspecified atom stereocenters. The van der Waals surface area contributed by atoms with Crippen molar-refractivity contribution < 1.29 is 39.2 Å². The molecule has 9 N–H and O–H groups in total. The molecular formula is C42H65N7O10. The second-order valence-corrected chi connectivity index (χ2v) is 15.5. The molecule has 1 saturated heterocycles. The Bertz CT molecular complexity index is 1810. The van der Waals surface area contributed by atoms with Crippen LogP contribution in [-0.2, 0) is 30.3 Å². The number of likely N-dealkylation sites (N-methyl/N-ethyl adjacent to an activating group) is 1. The van der Waals surface area contributed by atoms with Gasteiger partial charge in [-0.05, 0) is 44.4 Å². The summed E-state index contributed by atoms with van der Waals surface area (Å²) in [6.07, 6.45) is 12.7. The number of unbranched alkanes of at least 4 members (excludes halogenated alkanes) is 12. The largest absolute Gasteiger partial charge is 0.508 e. The first-order valence-corrected chi connectivity index (χ1v) is 20.9. The number of phenols is 1. The van der Waals surface area contributed by atoms with Gasteiger partial charge in [0.1, 0.15) is 35.8 Å². The van der Waals surface area contributed by atoms with E-state index in [0.717, 1.165) is 42.3 Å². The number of ether oxygens (including phenoxy) is 1. The number of H-pyrrole nitrogens is 1. The molecule has 17 heteroatoms. The first kappa shape index (κ1) is 48.4. The summed E-state index contributed by atoms with van der Waals surface area (Å²) in [6.45, 7) is 5.21. The highest BCUT2D eigenvalue weighted by molar-refractivity contribution is 5.93. The van der Waals surface area contributed by atoms with Crippen LogP contribution in [0.5, 0.6) is 5.75 Å². The Morgan fingerprint density at radius 3 is 2.12 bits per heavy atom. The molecule has 17 nitrogen and oxygen atoms in total. The Kier molecular flexibility index (Phi) is 20.3. The lowest BCUT2D eigenvalue weighted by Gasteiger charge is -2.33. The minimum atomic E-state index is -1.70. The normalized spacial score (nSPS) is 19.0. The van der Waals surface area contributed by atoms with Crippen LogP contribution in [0.15, 0.2) is 58.1 Å². The van der Waals surface area contributed by atoms with Crippen LogP contribution in [0.25, 0.3) is 0 Å². The van der Waals surface area contributed by atoms with Crippen LogP contribution in [0.2, 0.25) is 0 Å². The quantitative estimate of drug-likeness (QED) is 0.0674. The van der Waals surface area contributed by atoms with Gasteiger partial charge in [0.05, 0.1) is 12.1 Å². The minimum Gasteiger partial charge on any atom is -0.508 e. The first-order valence-electron chi connectivity index (χ1n) is 20.9. The number of aromatic hydroxyl groups is 1. The number of hydrogen-bond acceptors (Lipinski definition) is 11. The van der Waals surface area contributed by atoms with Crippen molar-refractivity contribution in [3.05, 3.63) is 74.9 Å². The third-order valence-electron chi connectivity index (χ3n) is 10.6. The summed E-state index contributed by atoms with van der Waals surface area (Å²) in [5.41, 5.74) is 5.26. The van der Waals surface area contributed by atoms with E-state index in [4.69, 9.17) is 10.5 Å². The van der Waals surface area contributed by atoms with Crippen LogP contribution in [0.4, 0.5) is 0 Å². The van der Waals surface area contributed by atoms with Crippen LogP contribution < -0.4 is 32.9 Å². The van der Waals surface area contributed by atoms with Crippen molar-refractivity contribution in [1.29, 1.82) is 0 Å². The summed E-state index contributed by atoms with van der Waals surface area (Å²) in [5, 5.41) is 38.8. The van der Waals surface area contributed by atoms with Gasteiger partial charge in [-0.15, -0.1) is 0 Å². The van der Waals surface area contributed by atoms with E-state index in [1.54, 1.807) is 12.1 Å². The molecule has 7 atom stereocenters. The van der Waals surface area contributed by atoms with E-state index >= 15 is 0 Å². The molecule has 1 aromatic carbocycles. The number of hydrogen-bond donors (Lipinski definition) is 8. The standard InChI is InChI=1S/C42H65N7O10/c1-5-6-7-8-9-10-11-12-13-14-15-16-17-21-33(51)45-27(2)38(55)47-35(28(3)48(4)40(57)31(43)25-29-19-18-20-30(50)24-29)39(56)44-26-32-36(53)37(54)41(59-32)49-23-22-34(52)46-42(49)58/h18-20,22-24,26-28,31,35-37,41,50,53-54H,5-17,21,25,43H2,1-4H3,(H,44,56)(H,45,51)(H,47,55)(H,46,52,58)/b32-26-/t27-,28-,31-,35-,36+,37+,41+/m0/s1. The Hall–Kier alpha value is -5.00. The SMILES string of the molecule is CCCCCCCCCCCCCCCC(=O)N[C@@H](C)C(=O)N[C@H](C(=O)N/C=C1\O[C@@H](n2ccc(=O)[nH]c2=O)[C@H](O)[C@@H]1O)[C@H](C)N(C)C(=O)[C@@H](N)Cc1cccc(O)c1. The lowest BCUT2D eigenvalue weighted by atomic mass is 10.0. The van der Waals surface area contributed by atoms with Gasteiger partial charge in [-0.3, -0.25) is 33.5 Å². The Balaban J connectivity index is 1.61. The van der Waals surface area contributed by atoms with E-state index in [2.05, 4.69) is 22.9 Å². The predicted octanol–water partition coefficient (Wildman–Crippen LogP) is 2.34.